The predicted octanol–water partition coefficient (Wildman–Crippen LogP) is 2.94. The van der Waals surface area contributed by atoms with Crippen LogP contribution in [0.1, 0.15) is 6.92 Å². The van der Waals surface area contributed by atoms with Crippen molar-refractivity contribution in [1.82, 2.24) is 0 Å². The van der Waals surface area contributed by atoms with Gasteiger partial charge in [0.2, 0.25) is 0 Å². The Morgan fingerprint density at radius 2 is 2.33 bits per heavy atom. The normalized spacial score (nSPS) is 8.83. The average molecular weight is 180 g/mol. The number of hydrogen-bond donors (Lipinski definition) is 0. The molecule has 0 unspecified atom stereocenters. The molecule has 0 radical (unpaired) electrons. The molecular formula is C10H9FS. The topological polar surface area (TPSA) is 0 Å². The van der Waals surface area contributed by atoms with Crippen LogP contribution in [0.5, 0.6) is 0 Å². The van der Waals surface area contributed by atoms with Crippen molar-refractivity contribution >= 4 is 11.8 Å². The van der Waals surface area contributed by atoms with Gasteiger partial charge >= 0.3 is 0 Å². The number of rotatable bonds is 2. The molecule has 0 atom stereocenters. The molecule has 0 aliphatic carbocycles. The van der Waals surface area contributed by atoms with Crippen LogP contribution in [0.3, 0.4) is 0 Å². The summed E-state index contributed by atoms with van der Waals surface area (Å²) in [5.41, 5.74) is 0. The number of hydrogen-bond acceptors (Lipinski definition) is 1. The molecule has 1 rings (SSSR count). The molecule has 0 heterocycles. The Balaban J connectivity index is 2.55. The molecule has 1 aromatic carbocycles. The van der Waals surface area contributed by atoms with Crippen LogP contribution in [0.2, 0.25) is 0 Å². The molecule has 12 heavy (non-hydrogen) atoms. The highest BCUT2D eigenvalue weighted by atomic mass is 32.2. The van der Waals surface area contributed by atoms with Gasteiger partial charge in [0.05, 0.1) is 5.75 Å². The first-order valence-corrected chi connectivity index (χ1v) is 4.59. The molecule has 1 aromatic rings. The highest BCUT2D eigenvalue weighted by Crippen LogP contribution is 2.17. The zero-order valence-corrected chi connectivity index (χ0v) is 7.62. The minimum absolute atomic E-state index is 0.190. The van der Waals surface area contributed by atoms with E-state index in [-0.39, 0.29) is 5.82 Å². The maximum atomic E-state index is 12.6. The Morgan fingerprint density at radius 3 is 3.00 bits per heavy atom. The molecule has 0 saturated carbocycles. The van der Waals surface area contributed by atoms with Crippen LogP contribution in [0.4, 0.5) is 4.39 Å². The van der Waals surface area contributed by atoms with Gasteiger partial charge in [0, 0.05) is 4.90 Å². The molecule has 0 saturated heterocycles. The third kappa shape index (κ3) is 2.98. The van der Waals surface area contributed by atoms with Crippen molar-refractivity contribution in [1.29, 1.82) is 0 Å². The predicted molar refractivity (Wildman–Crippen MR) is 50.6 cm³/mol. The van der Waals surface area contributed by atoms with Gasteiger partial charge in [-0.2, -0.15) is 0 Å². The summed E-state index contributed by atoms with van der Waals surface area (Å²) in [4.78, 5) is 0.928. The highest BCUT2D eigenvalue weighted by molar-refractivity contribution is 7.99. The molecule has 0 amide bonds. The van der Waals surface area contributed by atoms with Crippen LogP contribution in [-0.2, 0) is 0 Å². The Labute approximate surface area is 76.2 Å². The lowest BCUT2D eigenvalue weighted by Crippen LogP contribution is -1.76. The fraction of sp³-hybridized carbons (Fsp3) is 0.200. The van der Waals surface area contributed by atoms with E-state index in [4.69, 9.17) is 0 Å². The average Bonchev–Trinajstić information content (AvgIpc) is 2.05. The van der Waals surface area contributed by atoms with Crippen molar-refractivity contribution in [3.8, 4) is 11.8 Å². The van der Waals surface area contributed by atoms with Crippen LogP contribution in [-0.4, -0.2) is 5.75 Å². The Hall–Kier alpha value is -0.940. The summed E-state index contributed by atoms with van der Waals surface area (Å²) < 4.78 is 12.6. The van der Waals surface area contributed by atoms with Gasteiger partial charge in [0.15, 0.2) is 0 Å². The van der Waals surface area contributed by atoms with Crippen molar-refractivity contribution in [2.75, 3.05) is 5.75 Å². The second-order valence-electron chi connectivity index (χ2n) is 2.17. The van der Waals surface area contributed by atoms with Gasteiger partial charge in [0.1, 0.15) is 5.82 Å². The van der Waals surface area contributed by atoms with E-state index in [1.54, 1.807) is 24.8 Å². The van der Waals surface area contributed by atoms with Gasteiger partial charge in [-0.05, 0) is 25.1 Å². The number of halogens is 1. The third-order valence-electron chi connectivity index (χ3n) is 1.28. The molecule has 0 aliphatic heterocycles. The first-order chi connectivity index (χ1) is 5.83. The highest BCUT2D eigenvalue weighted by Gasteiger charge is 1.93. The van der Waals surface area contributed by atoms with Gasteiger partial charge < -0.3 is 0 Å². The largest absolute Gasteiger partial charge is 0.207 e. The fourth-order valence-corrected chi connectivity index (χ4v) is 1.50. The van der Waals surface area contributed by atoms with E-state index in [9.17, 15) is 4.39 Å². The lowest BCUT2D eigenvalue weighted by molar-refractivity contribution is 0.624. The second-order valence-corrected chi connectivity index (χ2v) is 3.22. The van der Waals surface area contributed by atoms with Gasteiger partial charge in [-0.3, -0.25) is 0 Å². The number of benzene rings is 1. The van der Waals surface area contributed by atoms with E-state index < -0.39 is 0 Å². The maximum absolute atomic E-state index is 12.6. The lowest BCUT2D eigenvalue weighted by Gasteiger charge is -1.95. The van der Waals surface area contributed by atoms with E-state index in [2.05, 4.69) is 11.8 Å². The van der Waals surface area contributed by atoms with Crippen molar-refractivity contribution < 1.29 is 4.39 Å². The molecule has 0 aliphatic rings. The summed E-state index contributed by atoms with van der Waals surface area (Å²) in [6.07, 6.45) is 0. The van der Waals surface area contributed by atoms with E-state index in [0.717, 1.165) is 10.6 Å². The fourth-order valence-electron chi connectivity index (χ4n) is 0.748. The first kappa shape index (κ1) is 9.15. The maximum Gasteiger partial charge on any atom is 0.124 e. The first-order valence-electron chi connectivity index (χ1n) is 3.61. The monoisotopic (exact) mass is 180 g/mol. The smallest absolute Gasteiger partial charge is 0.124 e. The van der Waals surface area contributed by atoms with E-state index in [0.29, 0.717) is 0 Å². The number of thioether (sulfide) groups is 1. The van der Waals surface area contributed by atoms with Gasteiger partial charge in [-0.25, -0.2) is 4.39 Å². The molecule has 0 spiro atoms. The molecule has 0 aromatic heterocycles. The van der Waals surface area contributed by atoms with Crippen LogP contribution in [0, 0.1) is 17.7 Å². The minimum atomic E-state index is -0.190. The standard InChI is InChI=1S/C10H9FS/c1-2-3-7-12-10-6-4-5-9(11)8-10/h4-6,8H,7H2,1H3. The summed E-state index contributed by atoms with van der Waals surface area (Å²) in [6.45, 7) is 1.80. The summed E-state index contributed by atoms with van der Waals surface area (Å²) >= 11 is 1.55. The molecule has 0 fully saturated rings. The summed E-state index contributed by atoms with van der Waals surface area (Å²) in [5.74, 6) is 6.23. The zero-order valence-electron chi connectivity index (χ0n) is 6.80. The molecular weight excluding hydrogens is 171 g/mol. The van der Waals surface area contributed by atoms with E-state index in [1.807, 2.05) is 6.07 Å². The molecule has 2 heteroatoms. The molecule has 0 bridgehead atoms. The summed E-state index contributed by atoms with van der Waals surface area (Å²) in [5, 5.41) is 0. The Bertz CT molecular complexity index is 309. The SMILES string of the molecule is CC#CCSc1cccc(F)c1. The summed E-state index contributed by atoms with van der Waals surface area (Å²) in [6, 6.07) is 6.54. The second kappa shape index (κ2) is 4.84. The third-order valence-corrected chi connectivity index (χ3v) is 2.16. The van der Waals surface area contributed by atoms with Crippen molar-refractivity contribution in [3.63, 3.8) is 0 Å². The quantitative estimate of drug-likeness (QED) is 0.498. The zero-order chi connectivity index (χ0) is 8.81. The van der Waals surface area contributed by atoms with Crippen LogP contribution < -0.4 is 0 Å². The van der Waals surface area contributed by atoms with Gasteiger partial charge in [0.25, 0.3) is 0 Å². The van der Waals surface area contributed by atoms with Crippen molar-refractivity contribution in [2.24, 2.45) is 0 Å². The van der Waals surface area contributed by atoms with E-state index in [1.165, 1.54) is 12.1 Å². The van der Waals surface area contributed by atoms with Crippen LogP contribution in [0.15, 0.2) is 29.2 Å². The molecule has 0 nitrogen and oxygen atoms in total. The molecule has 0 N–H and O–H groups in total. The molecule has 62 valence electrons. The van der Waals surface area contributed by atoms with E-state index >= 15 is 0 Å². The van der Waals surface area contributed by atoms with Crippen molar-refractivity contribution in [3.05, 3.63) is 30.1 Å². The lowest BCUT2D eigenvalue weighted by atomic mass is 10.4. The summed E-state index contributed by atoms with van der Waals surface area (Å²) in [7, 11) is 0. The van der Waals surface area contributed by atoms with Gasteiger partial charge in [-0.15, -0.1) is 17.7 Å². The Kier molecular flexibility index (Phi) is 3.69. The van der Waals surface area contributed by atoms with Crippen LogP contribution >= 0.6 is 11.8 Å². The minimum Gasteiger partial charge on any atom is -0.207 e. The van der Waals surface area contributed by atoms with Gasteiger partial charge in [-0.1, -0.05) is 12.0 Å². The Morgan fingerprint density at radius 1 is 1.50 bits per heavy atom. The van der Waals surface area contributed by atoms with Crippen molar-refractivity contribution in [2.45, 2.75) is 11.8 Å². The van der Waals surface area contributed by atoms with Crippen LogP contribution in [0.25, 0.3) is 0 Å².